The third-order valence-electron chi connectivity index (χ3n) is 11.4. The summed E-state index contributed by atoms with van der Waals surface area (Å²) in [6.07, 6.45) is 7.58. The summed E-state index contributed by atoms with van der Waals surface area (Å²) in [7, 11) is 0. The number of benzene rings is 1. The largest absolute Gasteiger partial charge is 0.481 e. The van der Waals surface area contributed by atoms with E-state index < -0.39 is 11.4 Å². The third kappa shape index (κ3) is 2.80. The van der Waals surface area contributed by atoms with Crippen LogP contribution in [0.1, 0.15) is 71.8 Å². The monoisotopic (exact) mass is 489 g/mol. The summed E-state index contributed by atoms with van der Waals surface area (Å²) in [5.74, 6) is -0.679. The van der Waals surface area contributed by atoms with Crippen molar-refractivity contribution in [2.24, 2.45) is 51.8 Å². The Labute approximate surface area is 214 Å². The molecule has 2 bridgehead atoms. The lowest BCUT2D eigenvalue weighted by Crippen LogP contribution is -2.65. The molecule has 5 aliphatic carbocycles. The molecular weight excluding hydrogens is 450 g/mol. The van der Waals surface area contributed by atoms with Crippen LogP contribution in [0.3, 0.4) is 0 Å². The van der Waals surface area contributed by atoms with Gasteiger partial charge in [-0.1, -0.05) is 51.0 Å². The Bertz CT molecular complexity index is 1200. The summed E-state index contributed by atoms with van der Waals surface area (Å²) in [5, 5.41) is 10.3. The van der Waals surface area contributed by atoms with E-state index in [0.29, 0.717) is 11.6 Å². The Hall–Kier alpha value is -2.43. The molecule has 0 aromatic heterocycles. The van der Waals surface area contributed by atoms with Gasteiger partial charge in [0.05, 0.1) is 22.9 Å². The quantitative estimate of drug-likeness (QED) is 0.417. The molecule has 8 atom stereocenters. The predicted molar refractivity (Wildman–Crippen MR) is 138 cm³/mol. The van der Waals surface area contributed by atoms with Crippen molar-refractivity contribution in [1.29, 1.82) is 0 Å². The van der Waals surface area contributed by atoms with Gasteiger partial charge in [-0.3, -0.25) is 14.4 Å². The van der Waals surface area contributed by atoms with Crippen molar-refractivity contribution >= 4 is 23.5 Å². The molecule has 1 aliphatic heterocycles. The van der Waals surface area contributed by atoms with E-state index in [4.69, 9.17) is 0 Å². The van der Waals surface area contributed by atoms with Gasteiger partial charge in [0, 0.05) is 5.41 Å². The summed E-state index contributed by atoms with van der Waals surface area (Å²) in [6.45, 7) is 10.7. The maximum Gasteiger partial charge on any atom is 0.309 e. The SMILES string of the molecule is Cc1cccc(N2C(=O)[C@H]3[C@@H](C2=O)[C@@]24C=C(C(C)C)[C@@H]3C[C@@H]2[C@]2(C)CCC[C@](C)(C(=O)O)[C@@H]2CC4)c1. The number of allylic oxidation sites excluding steroid dienone is 2. The van der Waals surface area contributed by atoms with Crippen LogP contribution < -0.4 is 4.90 Å². The maximum absolute atomic E-state index is 14.3. The number of anilines is 1. The minimum atomic E-state index is -0.724. The molecule has 192 valence electrons. The van der Waals surface area contributed by atoms with E-state index in [-0.39, 0.29) is 52.2 Å². The minimum absolute atomic E-state index is 0.0315. The van der Waals surface area contributed by atoms with E-state index in [1.165, 1.54) is 10.5 Å². The zero-order chi connectivity index (χ0) is 25.8. The number of carbonyl (C=O) groups is 3. The number of hydrogen-bond acceptors (Lipinski definition) is 3. The van der Waals surface area contributed by atoms with Crippen molar-refractivity contribution in [1.82, 2.24) is 0 Å². The van der Waals surface area contributed by atoms with Crippen molar-refractivity contribution in [3.05, 3.63) is 41.5 Å². The highest BCUT2D eigenvalue weighted by molar-refractivity contribution is 6.23. The average Bonchev–Trinajstić information content (AvgIpc) is 3.10. The maximum atomic E-state index is 14.3. The van der Waals surface area contributed by atoms with E-state index in [1.807, 2.05) is 38.1 Å². The van der Waals surface area contributed by atoms with Gasteiger partial charge >= 0.3 is 5.97 Å². The molecule has 1 N–H and O–H groups in total. The number of amides is 2. The lowest BCUT2D eigenvalue weighted by atomic mass is 9.34. The number of fused-ring (bicyclic) bond motifs is 1. The summed E-state index contributed by atoms with van der Waals surface area (Å²) in [4.78, 5) is 42.3. The van der Waals surface area contributed by atoms with Gasteiger partial charge in [0.2, 0.25) is 11.8 Å². The Morgan fingerprint density at radius 1 is 1.08 bits per heavy atom. The van der Waals surface area contributed by atoms with E-state index in [9.17, 15) is 19.5 Å². The lowest BCUT2D eigenvalue weighted by molar-refractivity contribution is -0.194. The second kappa shape index (κ2) is 7.55. The second-order valence-corrected chi connectivity index (χ2v) is 13.3. The molecule has 36 heavy (non-hydrogen) atoms. The first-order valence-electron chi connectivity index (χ1n) is 13.9. The van der Waals surface area contributed by atoms with E-state index in [0.717, 1.165) is 44.1 Å². The van der Waals surface area contributed by atoms with Gasteiger partial charge in [-0.25, -0.2) is 4.90 Å². The van der Waals surface area contributed by atoms with Gasteiger partial charge in [-0.05, 0) is 92.7 Å². The lowest BCUT2D eigenvalue weighted by Gasteiger charge is -2.68. The predicted octanol–water partition coefficient (Wildman–Crippen LogP) is 6.01. The first-order chi connectivity index (χ1) is 17.0. The van der Waals surface area contributed by atoms with Gasteiger partial charge < -0.3 is 5.11 Å². The van der Waals surface area contributed by atoms with Crippen molar-refractivity contribution in [3.63, 3.8) is 0 Å². The Kier molecular flexibility index (Phi) is 5.02. The second-order valence-electron chi connectivity index (χ2n) is 13.3. The summed E-state index contributed by atoms with van der Waals surface area (Å²) >= 11 is 0. The van der Waals surface area contributed by atoms with Crippen LogP contribution in [0.4, 0.5) is 5.69 Å². The third-order valence-corrected chi connectivity index (χ3v) is 11.4. The minimum Gasteiger partial charge on any atom is -0.481 e. The molecule has 2 amide bonds. The highest BCUT2D eigenvalue weighted by atomic mass is 16.4. The fourth-order valence-corrected chi connectivity index (χ4v) is 9.98. The van der Waals surface area contributed by atoms with E-state index >= 15 is 0 Å². The zero-order valence-electron chi connectivity index (χ0n) is 22.2. The fraction of sp³-hybridized carbons (Fsp3) is 0.645. The normalized spacial score (nSPS) is 43.2. The van der Waals surface area contributed by atoms with Crippen LogP contribution in [0.2, 0.25) is 0 Å². The number of aryl methyl sites for hydroxylation is 1. The molecular formula is C31H39NO4. The van der Waals surface area contributed by atoms with Gasteiger partial charge in [-0.15, -0.1) is 0 Å². The van der Waals surface area contributed by atoms with Gasteiger partial charge in [0.1, 0.15) is 0 Å². The number of nitrogens with zero attached hydrogens (tertiary/aromatic N) is 1. The van der Waals surface area contributed by atoms with Crippen LogP contribution in [0.5, 0.6) is 0 Å². The molecule has 5 heteroatoms. The zero-order valence-corrected chi connectivity index (χ0v) is 22.2. The number of carboxylic acids is 1. The fourth-order valence-electron chi connectivity index (χ4n) is 9.98. The number of aliphatic carboxylic acids is 1. The number of carboxylic acid groups (broad SMARTS) is 1. The number of carbonyl (C=O) groups excluding carboxylic acids is 2. The van der Waals surface area contributed by atoms with Crippen LogP contribution in [-0.4, -0.2) is 22.9 Å². The first-order valence-corrected chi connectivity index (χ1v) is 13.9. The summed E-state index contributed by atoms with van der Waals surface area (Å²) < 4.78 is 0. The Balaban J connectivity index is 1.50. The highest BCUT2D eigenvalue weighted by Crippen LogP contribution is 2.74. The van der Waals surface area contributed by atoms with Gasteiger partial charge in [-0.2, -0.15) is 0 Å². The van der Waals surface area contributed by atoms with Crippen LogP contribution in [0.25, 0.3) is 0 Å². The summed E-state index contributed by atoms with van der Waals surface area (Å²) in [5.41, 5.74) is 1.83. The number of hydrogen-bond donors (Lipinski definition) is 1. The molecule has 0 radical (unpaired) electrons. The molecule has 3 saturated carbocycles. The first kappa shape index (κ1) is 23.9. The molecule has 6 aliphatic rings. The topological polar surface area (TPSA) is 74.7 Å². The van der Waals surface area contributed by atoms with Gasteiger partial charge in [0.25, 0.3) is 0 Å². The molecule has 1 heterocycles. The van der Waals surface area contributed by atoms with E-state index in [2.05, 4.69) is 26.8 Å². The molecule has 7 rings (SSSR count). The smallest absolute Gasteiger partial charge is 0.309 e. The van der Waals surface area contributed by atoms with Crippen molar-refractivity contribution in [2.75, 3.05) is 4.90 Å². The number of imide groups is 1. The molecule has 1 spiro atoms. The molecule has 5 nitrogen and oxygen atoms in total. The average molecular weight is 490 g/mol. The van der Waals surface area contributed by atoms with Crippen LogP contribution in [0, 0.1) is 58.7 Å². The Morgan fingerprint density at radius 3 is 2.50 bits per heavy atom. The van der Waals surface area contributed by atoms with Crippen molar-refractivity contribution in [2.45, 2.75) is 73.1 Å². The number of rotatable bonds is 3. The highest BCUT2D eigenvalue weighted by Gasteiger charge is 2.73. The molecule has 1 saturated heterocycles. The summed E-state index contributed by atoms with van der Waals surface area (Å²) in [6, 6.07) is 7.73. The molecule has 1 aromatic carbocycles. The van der Waals surface area contributed by atoms with Gasteiger partial charge in [0.15, 0.2) is 0 Å². The Morgan fingerprint density at radius 2 is 1.83 bits per heavy atom. The van der Waals surface area contributed by atoms with Crippen LogP contribution >= 0.6 is 0 Å². The molecule has 1 aromatic rings. The van der Waals surface area contributed by atoms with Crippen molar-refractivity contribution < 1.29 is 19.5 Å². The van der Waals surface area contributed by atoms with E-state index in [1.54, 1.807) is 0 Å². The standard InChI is InChI=1S/C31H39NO4/c1-17(2)21-16-31-13-10-22-29(4,11-7-12-30(22,5)28(35)36)23(31)15-20(21)24-25(31)27(34)32(26(24)33)19-9-6-8-18(3)14-19/h6,8-9,14,16-17,20,22-25H,7,10-13,15H2,1-5H3,(H,35,36)/t20-,22+,23+,24+,25-,29+,30-,31-/m0/s1. The van der Waals surface area contributed by atoms with Crippen LogP contribution in [-0.2, 0) is 14.4 Å². The molecule has 0 unspecified atom stereocenters. The van der Waals surface area contributed by atoms with Crippen molar-refractivity contribution in [3.8, 4) is 0 Å². The molecule has 4 fully saturated rings. The van der Waals surface area contributed by atoms with Crippen LogP contribution in [0.15, 0.2) is 35.9 Å².